The maximum atomic E-state index is 12.7. The number of nitrogens with two attached hydrogens (primary N) is 1. The van der Waals surface area contributed by atoms with E-state index in [1.165, 1.54) is 4.57 Å². The molecule has 0 unspecified atom stereocenters. The molecule has 0 bridgehead atoms. The first-order valence-electron chi connectivity index (χ1n) is 10.9. The van der Waals surface area contributed by atoms with Gasteiger partial charge < -0.3 is 35.4 Å². The Morgan fingerprint density at radius 3 is 2.79 bits per heavy atom. The van der Waals surface area contributed by atoms with Gasteiger partial charge in [0.2, 0.25) is 0 Å². The van der Waals surface area contributed by atoms with Gasteiger partial charge in [-0.25, -0.2) is 9.59 Å². The number of carboxylic acid groups (broad SMARTS) is 1. The second-order valence-corrected chi connectivity index (χ2v) is 7.63. The smallest absolute Gasteiger partial charge is 0.329 e. The van der Waals surface area contributed by atoms with Crippen molar-refractivity contribution in [2.75, 3.05) is 46.3 Å². The van der Waals surface area contributed by atoms with E-state index in [0.29, 0.717) is 37.3 Å². The minimum Gasteiger partial charge on any atom is -0.480 e. The maximum absolute atomic E-state index is 12.7. The molecule has 2 heterocycles. The van der Waals surface area contributed by atoms with Crippen LogP contribution < -0.4 is 21.5 Å². The largest absolute Gasteiger partial charge is 0.480 e. The number of methoxy groups -OCH3 is 1. The van der Waals surface area contributed by atoms with Crippen LogP contribution in [0.1, 0.15) is 23.1 Å². The average Bonchev–Trinajstić information content (AvgIpc) is 3.11. The first-order valence-corrected chi connectivity index (χ1v) is 10.9. The summed E-state index contributed by atoms with van der Waals surface area (Å²) in [6.07, 6.45) is 1.45. The van der Waals surface area contributed by atoms with Crippen LogP contribution in [0.2, 0.25) is 0 Å². The van der Waals surface area contributed by atoms with Crippen molar-refractivity contribution < 1.29 is 24.1 Å². The molecule has 184 valence electrons. The van der Waals surface area contributed by atoms with Crippen LogP contribution in [-0.2, 0) is 33.8 Å². The topological polar surface area (TPSA) is 167 Å². The molecular formula is C22H30N6O6. The maximum Gasteiger partial charge on any atom is 0.329 e. The van der Waals surface area contributed by atoms with Crippen LogP contribution in [-0.4, -0.2) is 71.2 Å². The van der Waals surface area contributed by atoms with Gasteiger partial charge in [-0.3, -0.25) is 4.57 Å². The molecule has 3 rings (SSSR count). The molecule has 3 aromatic rings. The number of aromatic nitrogens is 4. The zero-order valence-corrected chi connectivity index (χ0v) is 19.3. The summed E-state index contributed by atoms with van der Waals surface area (Å²) in [6, 6.07) is 6.12. The standard InChI is InChI=1S/C22H30N6O6/c1-24-11-16-10-14(4-3-7-33-13-17(29)30)5-6-15(16)12-28-20-18(25-22(28)31)19(23)26-21(27-20)34-9-8-32-2/h5-6,10,24H,3-4,7-9,11-13H2,1-2H3,(H,25,31)(H,29,30)(H2,23,26,27). The number of rotatable bonds is 14. The third-order valence-electron chi connectivity index (χ3n) is 5.09. The third kappa shape index (κ3) is 6.53. The summed E-state index contributed by atoms with van der Waals surface area (Å²) in [5, 5.41) is 11.8. The number of carboxylic acids is 1. The number of nitrogen functional groups attached to an aromatic ring is 1. The highest BCUT2D eigenvalue weighted by molar-refractivity contribution is 5.82. The molecule has 0 aliphatic carbocycles. The van der Waals surface area contributed by atoms with E-state index in [2.05, 4.69) is 26.3 Å². The minimum absolute atomic E-state index is 0.0747. The Balaban J connectivity index is 1.81. The molecule has 12 nitrogen and oxygen atoms in total. The van der Waals surface area contributed by atoms with Gasteiger partial charge in [0.15, 0.2) is 11.5 Å². The van der Waals surface area contributed by atoms with Gasteiger partial charge in [-0.05, 0) is 36.6 Å². The molecule has 12 heteroatoms. The highest BCUT2D eigenvalue weighted by Gasteiger charge is 2.16. The summed E-state index contributed by atoms with van der Waals surface area (Å²) in [6.45, 7) is 1.59. The van der Waals surface area contributed by atoms with Crippen molar-refractivity contribution in [1.82, 2.24) is 24.8 Å². The Morgan fingerprint density at radius 1 is 1.24 bits per heavy atom. The first-order chi connectivity index (χ1) is 16.4. The Labute approximate surface area is 196 Å². The van der Waals surface area contributed by atoms with Crippen molar-refractivity contribution in [3.63, 3.8) is 0 Å². The Hall–Kier alpha value is -3.48. The summed E-state index contributed by atoms with van der Waals surface area (Å²) < 4.78 is 17.1. The van der Waals surface area contributed by atoms with Crippen molar-refractivity contribution in [2.45, 2.75) is 25.9 Å². The number of aromatic amines is 1. The predicted octanol–water partition coefficient (Wildman–Crippen LogP) is 0.529. The van der Waals surface area contributed by atoms with Crippen LogP contribution in [0, 0.1) is 0 Å². The number of benzene rings is 1. The van der Waals surface area contributed by atoms with E-state index < -0.39 is 5.97 Å². The number of hydrogen-bond acceptors (Lipinski definition) is 9. The quantitative estimate of drug-likeness (QED) is 0.242. The fourth-order valence-corrected chi connectivity index (χ4v) is 3.51. The number of carbonyl (C=O) groups is 1. The van der Waals surface area contributed by atoms with E-state index in [1.54, 1.807) is 7.11 Å². The molecule has 0 aliphatic rings. The van der Waals surface area contributed by atoms with Crippen LogP contribution in [0.25, 0.3) is 11.2 Å². The molecule has 34 heavy (non-hydrogen) atoms. The summed E-state index contributed by atoms with van der Waals surface area (Å²) in [4.78, 5) is 34.4. The second-order valence-electron chi connectivity index (χ2n) is 7.63. The zero-order chi connectivity index (χ0) is 24.5. The van der Waals surface area contributed by atoms with E-state index in [4.69, 9.17) is 25.1 Å². The highest BCUT2D eigenvalue weighted by Crippen LogP contribution is 2.20. The van der Waals surface area contributed by atoms with Crippen LogP contribution >= 0.6 is 0 Å². The van der Waals surface area contributed by atoms with Gasteiger partial charge in [0.25, 0.3) is 0 Å². The summed E-state index contributed by atoms with van der Waals surface area (Å²) in [5.41, 5.74) is 9.47. The van der Waals surface area contributed by atoms with Crippen molar-refractivity contribution in [2.24, 2.45) is 0 Å². The van der Waals surface area contributed by atoms with E-state index in [1.807, 2.05) is 19.2 Å². The monoisotopic (exact) mass is 474 g/mol. The number of hydrogen-bond donors (Lipinski definition) is 4. The van der Waals surface area contributed by atoms with E-state index in [0.717, 1.165) is 23.1 Å². The molecule has 0 spiro atoms. The minimum atomic E-state index is -0.978. The van der Waals surface area contributed by atoms with Crippen LogP contribution in [0.3, 0.4) is 0 Å². The third-order valence-corrected chi connectivity index (χ3v) is 5.09. The lowest BCUT2D eigenvalue weighted by molar-refractivity contribution is -0.142. The van der Waals surface area contributed by atoms with E-state index >= 15 is 0 Å². The summed E-state index contributed by atoms with van der Waals surface area (Å²) >= 11 is 0. The summed E-state index contributed by atoms with van der Waals surface area (Å²) in [5.74, 6) is -0.849. The number of nitrogens with one attached hydrogen (secondary N) is 2. The Morgan fingerprint density at radius 2 is 2.06 bits per heavy atom. The molecule has 0 radical (unpaired) electrons. The fourth-order valence-electron chi connectivity index (χ4n) is 3.51. The van der Waals surface area contributed by atoms with Gasteiger partial charge in [0.1, 0.15) is 18.7 Å². The van der Waals surface area contributed by atoms with Crippen molar-refractivity contribution in [1.29, 1.82) is 0 Å². The Bertz CT molecular complexity index is 1170. The summed E-state index contributed by atoms with van der Waals surface area (Å²) in [7, 11) is 3.42. The van der Waals surface area contributed by atoms with Crippen LogP contribution in [0.15, 0.2) is 23.0 Å². The van der Waals surface area contributed by atoms with E-state index in [-0.39, 0.29) is 37.3 Å². The zero-order valence-electron chi connectivity index (χ0n) is 19.3. The highest BCUT2D eigenvalue weighted by atomic mass is 16.5. The SMILES string of the molecule is CNCc1cc(CCCOCC(=O)O)ccc1Cn1c(=O)[nH]c2c(N)nc(OCCOC)nc21. The fraction of sp³-hybridized carbons (Fsp3) is 0.455. The van der Waals surface area contributed by atoms with Crippen molar-refractivity contribution in [3.8, 4) is 6.01 Å². The van der Waals surface area contributed by atoms with Gasteiger partial charge in [-0.1, -0.05) is 18.2 Å². The molecule has 0 saturated carbocycles. The Kier molecular flexibility index (Phi) is 8.96. The number of aliphatic carboxylic acids is 1. The molecular weight excluding hydrogens is 444 g/mol. The number of H-pyrrole nitrogens is 1. The lowest BCUT2D eigenvalue weighted by atomic mass is 10.0. The number of aryl methyl sites for hydroxylation is 1. The van der Waals surface area contributed by atoms with Crippen LogP contribution in [0.4, 0.5) is 5.82 Å². The van der Waals surface area contributed by atoms with Crippen LogP contribution in [0.5, 0.6) is 6.01 Å². The number of nitrogens with zero attached hydrogens (tertiary/aromatic N) is 3. The van der Waals surface area contributed by atoms with E-state index in [9.17, 15) is 9.59 Å². The number of imidazole rings is 1. The molecule has 0 aliphatic heterocycles. The average molecular weight is 475 g/mol. The van der Waals surface area contributed by atoms with Crippen molar-refractivity contribution in [3.05, 3.63) is 45.4 Å². The molecule has 2 aromatic heterocycles. The van der Waals surface area contributed by atoms with Gasteiger partial charge in [0.05, 0.1) is 13.2 Å². The normalized spacial score (nSPS) is 11.2. The molecule has 0 atom stereocenters. The number of ether oxygens (including phenoxy) is 3. The number of anilines is 1. The lowest BCUT2D eigenvalue weighted by Crippen LogP contribution is -2.19. The molecule has 5 N–H and O–H groups in total. The molecule has 0 saturated heterocycles. The lowest BCUT2D eigenvalue weighted by Gasteiger charge is -2.13. The molecule has 0 fully saturated rings. The molecule has 1 aromatic carbocycles. The predicted molar refractivity (Wildman–Crippen MR) is 125 cm³/mol. The van der Waals surface area contributed by atoms with Gasteiger partial charge in [0, 0.05) is 20.3 Å². The van der Waals surface area contributed by atoms with Gasteiger partial charge in [-0.2, -0.15) is 9.97 Å². The van der Waals surface area contributed by atoms with Gasteiger partial charge in [-0.15, -0.1) is 0 Å². The number of fused-ring (bicyclic) bond motifs is 1. The molecule has 0 amide bonds. The van der Waals surface area contributed by atoms with Crippen molar-refractivity contribution >= 4 is 23.0 Å². The second kappa shape index (κ2) is 12.1. The van der Waals surface area contributed by atoms with Gasteiger partial charge >= 0.3 is 17.7 Å². The first kappa shape index (κ1) is 25.1.